The Kier molecular flexibility index (Phi) is 59.2. The highest BCUT2D eigenvalue weighted by Gasteiger charge is 2.19. The lowest BCUT2D eigenvalue weighted by atomic mass is 10.0. The summed E-state index contributed by atoms with van der Waals surface area (Å²) in [5.74, 6) is -0.866. The van der Waals surface area contributed by atoms with Crippen LogP contribution in [0.3, 0.4) is 0 Å². The molecule has 0 rings (SSSR count). The van der Waals surface area contributed by atoms with Crippen LogP contribution >= 0.6 is 0 Å². The van der Waals surface area contributed by atoms with Gasteiger partial charge in [0.2, 0.25) is 0 Å². The molecule has 6 nitrogen and oxygen atoms in total. The zero-order chi connectivity index (χ0) is 52.9. The van der Waals surface area contributed by atoms with Crippen molar-refractivity contribution in [3.05, 3.63) is 60.8 Å². The van der Waals surface area contributed by atoms with E-state index in [2.05, 4.69) is 81.5 Å². The Morgan fingerprint density at radius 3 is 0.877 bits per heavy atom. The van der Waals surface area contributed by atoms with E-state index >= 15 is 0 Å². The first-order valence-corrected chi connectivity index (χ1v) is 31.8. The van der Waals surface area contributed by atoms with Gasteiger partial charge in [-0.2, -0.15) is 0 Å². The summed E-state index contributed by atoms with van der Waals surface area (Å²) in [5, 5.41) is 0. The molecule has 0 radical (unpaired) electrons. The molecule has 0 amide bonds. The molecule has 1 unspecified atom stereocenters. The number of hydrogen-bond acceptors (Lipinski definition) is 6. The molecule has 0 aromatic rings. The Labute approximate surface area is 453 Å². The molecular formula is C67H120O6. The van der Waals surface area contributed by atoms with Crippen molar-refractivity contribution in [1.29, 1.82) is 0 Å². The van der Waals surface area contributed by atoms with Crippen molar-refractivity contribution < 1.29 is 28.6 Å². The number of unbranched alkanes of at least 4 members (excludes halogenated alkanes) is 37. The van der Waals surface area contributed by atoms with Gasteiger partial charge >= 0.3 is 17.9 Å². The summed E-state index contributed by atoms with van der Waals surface area (Å²) in [7, 11) is 0. The molecule has 1 atom stereocenters. The van der Waals surface area contributed by atoms with E-state index in [4.69, 9.17) is 14.2 Å². The first-order chi connectivity index (χ1) is 36.0. The van der Waals surface area contributed by atoms with Gasteiger partial charge in [-0.25, -0.2) is 0 Å². The van der Waals surface area contributed by atoms with Gasteiger partial charge in [0.05, 0.1) is 0 Å². The standard InChI is InChI=1S/C67H120O6/c1-4-7-10-13-16-19-22-25-27-29-31-32-33-34-35-36-37-39-40-42-45-48-51-54-57-60-66(69)72-63-64(62-71-65(68)59-56-53-50-47-44-24-21-18-15-12-9-6-3)73-67(70)61-58-55-52-49-46-43-41-38-30-28-26-23-20-17-14-11-8-5-2/h7,10,16,18-19,21,25,27,31-32,64H,4-6,8-9,11-15,17,20,22-24,26,28-30,33-63H2,1-3H3/b10-7-,19-16-,21-18-,27-25-,32-31-. The maximum atomic E-state index is 12.9. The van der Waals surface area contributed by atoms with Gasteiger partial charge in [-0.1, -0.05) is 287 Å². The second-order valence-corrected chi connectivity index (χ2v) is 21.3. The lowest BCUT2D eigenvalue weighted by Gasteiger charge is -2.18. The number of ether oxygens (including phenoxy) is 3. The highest BCUT2D eigenvalue weighted by Crippen LogP contribution is 2.17. The van der Waals surface area contributed by atoms with Gasteiger partial charge in [0.1, 0.15) is 13.2 Å². The van der Waals surface area contributed by atoms with Crippen LogP contribution in [-0.4, -0.2) is 37.2 Å². The summed E-state index contributed by atoms with van der Waals surface area (Å²) in [6, 6.07) is 0. The molecule has 6 heteroatoms. The van der Waals surface area contributed by atoms with Crippen molar-refractivity contribution in [2.45, 2.75) is 335 Å². The number of allylic oxidation sites excluding steroid dienone is 10. The summed E-state index contributed by atoms with van der Waals surface area (Å²) in [6.07, 6.45) is 78.0. The van der Waals surface area contributed by atoms with Gasteiger partial charge in [-0.05, 0) is 83.5 Å². The largest absolute Gasteiger partial charge is 0.462 e. The molecule has 0 spiro atoms. The molecule has 0 aromatic heterocycles. The molecule has 0 fully saturated rings. The molecular weight excluding hydrogens is 901 g/mol. The normalized spacial score (nSPS) is 12.4. The summed E-state index contributed by atoms with van der Waals surface area (Å²) < 4.78 is 16.9. The zero-order valence-corrected chi connectivity index (χ0v) is 48.7. The average Bonchev–Trinajstić information content (AvgIpc) is 3.39. The van der Waals surface area contributed by atoms with E-state index in [1.807, 2.05) is 0 Å². The molecule has 0 aromatic carbocycles. The van der Waals surface area contributed by atoms with Gasteiger partial charge in [-0.15, -0.1) is 0 Å². The Morgan fingerprint density at radius 1 is 0.288 bits per heavy atom. The van der Waals surface area contributed by atoms with E-state index in [-0.39, 0.29) is 31.1 Å². The third kappa shape index (κ3) is 59.9. The highest BCUT2D eigenvalue weighted by atomic mass is 16.6. The van der Waals surface area contributed by atoms with Crippen molar-refractivity contribution in [1.82, 2.24) is 0 Å². The lowest BCUT2D eigenvalue weighted by Crippen LogP contribution is -2.30. The van der Waals surface area contributed by atoms with Crippen LogP contribution in [0.1, 0.15) is 329 Å². The molecule has 0 aliphatic rings. The predicted octanol–water partition coefficient (Wildman–Crippen LogP) is 21.6. The van der Waals surface area contributed by atoms with Gasteiger partial charge < -0.3 is 14.2 Å². The maximum absolute atomic E-state index is 12.9. The van der Waals surface area contributed by atoms with Crippen molar-refractivity contribution in [2.75, 3.05) is 13.2 Å². The van der Waals surface area contributed by atoms with Crippen LogP contribution in [0, 0.1) is 0 Å². The maximum Gasteiger partial charge on any atom is 0.306 e. The van der Waals surface area contributed by atoms with Crippen LogP contribution in [0.5, 0.6) is 0 Å². The Bertz CT molecular complexity index is 1310. The fourth-order valence-corrected chi connectivity index (χ4v) is 9.25. The minimum Gasteiger partial charge on any atom is -0.462 e. The number of hydrogen-bond donors (Lipinski definition) is 0. The topological polar surface area (TPSA) is 78.9 Å². The molecule has 0 aliphatic heterocycles. The van der Waals surface area contributed by atoms with E-state index in [0.717, 1.165) is 89.9 Å². The Balaban J connectivity index is 4.26. The molecule has 0 saturated heterocycles. The Morgan fingerprint density at radius 2 is 0.534 bits per heavy atom. The molecule has 0 N–H and O–H groups in total. The van der Waals surface area contributed by atoms with Crippen LogP contribution < -0.4 is 0 Å². The molecule has 0 bridgehead atoms. The van der Waals surface area contributed by atoms with Crippen molar-refractivity contribution in [3.8, 4) is 0 Å². The third-order valence-corrected chi connectivity index (χ3v) is 14.0. The first-order valence-electron chi connectivity index (χ1n) is 31.8. The second kappa shape index (κ2) is 61.7. The molecule has 0 saturated carbocycles. The number of esters is 3. The molecule has 0 heterocycles. The number of carbonyl (C=O) groups excluding carboxylic acids is 3. The number of carbonyl (C=O) groups is 3. The van der Waals surface area contributed by atoms with Crippen LogP contribution in [0.15, 0.2) is 60.8 Å². The van der Waals surface area contributed by atoms with E-state index < -0.39 is 6.10 Å². The highest BCUT2D eigenvalue weighted by molar-refractivity contribution is 5.71. The third-order valence-electron chi connectivity index (χ3n) is 14.0. The van der Waals surface area contributed by atoms with Crippen molar-refractivity contribution >= 4 is 17.9 Å². The smallest absolute Gasteiger partial charge is 0.306 e. The minimum absolute atomic E-state index is 0.0741. The summed E-state index contributed by atoms with van der Waals surface area (Å²) in [4.78, 5) is 38.3. The number of rotatable bonds is 58. The van der Waals surface area contributed by atoms with E-state index in [9.17, 15) is 14.4 Å². The predicted molar refractivity (Wildman–Crippen MR) is 316 cm³/mol. The monoisotopic (exact) mass is 1020 g/mol. The van der Waals surface area contributed by atoms with Crippen LogP contribution in [0.25, 0.3) is 0 Å². The van der Waals surface area contributed by atoms with Gasteiger partial charge in [0.25, 0.3) is 0 Å². The Hall–Kier alpha value is -2.89. The average molecular weight is 1020 g/mol. The lowest BCUT2D eigenvalue weighted by molar-refractivity contribution is -0.167. The van der Waals surface area contributed by atoms with E-state index in [1.54, 1.807) is 0 Å². The second-order valence-electron chi connectivity index (χ2n) is 21.3. The molecule has 73 heavy (non-hydrogen) atoms. The molecule has 424 valence electrons. The van der Waals surface area contributed by atoms with Gasteiger partial charge in [-0.3, -0.25) is 14.4 Å². The summed E-state index contributed by atoms with van der Waals surface area (Å²) in [5.41, 5.74) is 0. The van der Waals surface area contributed by atoms with E-state index in [0.29, 0.717) is 19.3 Å². The summed E-state index contributed by atoms with van der Waals surface area (Å²) in [6.45, 7) is 6.54. The molecule has 0 aliphatic carbocycles. The van der Waals surface area contributed by atoms with Gasteiger partial charge in [0, 0.05) is 19.3 Å². The fourth-order valence-electron chi connectivity index (χ4n) is 9.25. The van der Waals surface area contributed by atoms with E-state index in [1.165, 1.54) is 199 Å². The van der Waals surface area contributed by atoms with Crippen LogP contribution in [0.2, 0.25) is 0 Å². The van der Waals surface area contributed by atoms with Crippen molar-refractivity contribution in [2.24, 2.45) is 0 Å². The first kappa shape index (κ1) is 70.1. The van der Waals surface area contributed by atoms with Crippen LogP contribution in [-0.2, 0) is 28.6 Å². The zero-order valence-electron chi connectivity index (χ0n) is 48.7. The van der Waals surface area contributed by atoms with Gasteiger partial charge in [0.15, 0.2) is 6.10 Å². The SMILES string of the molecule is CC/C=C\C/C=C\C/C=C\C/C=C\CCCCCCCCCCCCCCC(=O)OCC(COC(=O)CCCCCCC/C=C\CCCCC)OC(=O)CCCCCCCCCCCCCCCCCCCC. The fraction of sp³-hybridized carbons (Fsp3) is 0.806. The van der Waals surface area contributed by atoms with Crippen molar-refractivity contribution in [3.63, 3.8) is 0 Å². The summed E-state index contributed by atoms with van der Waals surface area (Å²) >= 11 is 0. The van der Waals surface area contributed by atoms with Crippen LogP contribution in [0.4, 0.5) is 0 Å². The minimum atomic E-state index is -0.776. The quantitative estimate of drug-likeness (QED) is 0.0261.